The molecule has 0 fully saturated rings. The summed E-state index contributed by atoms with van der Waals surface area (Å²) < 4.78 is 1.69. The van der Waals surface area contributed by atoms with Crippen LogP contribution in [0.15, 0.2) is 89.7 Å². The van der Waals surface area contributed by atoms with Gasteiger partial charge >= 0.3 is 0 Å². The van der Waals surface area contributed by atoms with Gasteiger partial charge in [-0.15, -0.1) is 0 Å². The van der Waals surface area contributed by atoms with Crippen molar-refractivity contribution >= 4 is 16.8 Å². The van der Waals surface area contributed by atoms with Gasteiger partial charge in [-0.25, -0.2) is 4.98 Å². The SMILES string of the molecule is CCn1c(C(C)N(Cc2ccccc2)C(=O)CCc2ccccc2)nc2ccccc2c1=O. The monoisotopic (exact) mass is 439 g/mol. The van der Waals surface area contributed by atoms with Crippen LogP contribution in [-0.2, 0) is 24.3 Å². The third-order valence-corrected chi connectivity index (χ3v) is 6.04. The average molecular weight is 440 g/mol. The second-order valence-corrected chi connectivity index (χ2v) is 8.21. The summed E-state index contributed by atoms with van der Waals surface area (Å²) in [6.45, 7) is 4.86. The van der Waals surface area contributed by atoms with Crippen LogP contribution >= 0.6 is 0 Å². The van der Waals surface area contributed by atoms with Gasteiger partial charge in [0.25, 0.3) is 5.56 Å². The van der Waals surface area contributed by atoms with E-state index in [1.165, 1.54) is 0 Å². The molecule has 0 aliphatic carbocycles. The standard InChI is InChI=1S/C28H29N3O2/c1-3-30-27(29-25-17-11-10-16-24(25)28(30)33)21(2)31(20-23-14-8-5-9-15-23)26(32)19-18-22-12-6-4-7-13-22/h4-17,21H,3,18-20H2,1-2H3. The Bertz CT molecular complexity index is 1280. The van der Waals surface area contributed by atoms with Crippen molar-refractivity contribution in [3.8, 4) is 0 Å². The average Bonchev–Trinajstić information content (AvgIpc) is 2.86. The van der Waals surface area contributed by atoms with Gasteiger partial charge < -0.3 is 4.90 Å². The van der Waals surface area contributed by atoms with E-state index in [1.807, 2.05) is 97.6 Å². The van der Waals surface area contributed by atoms with E-state index in [0.29, 0.717) is 42.7 Å². The van der Waals surface area contributed by atoms with Gasteiger partial charge in [-0.3, -0.25) is 14.2 Å². The van der Waals surface area contributed by atoms with Crippen molar-refractivity contribution in [2.24, 2.45) is 0 Å². The summed E-state index contributed by atoms with van der Waals surface area (Å²) in [7, 11) is 0. The van der Waals surface area contributed by atoms with Gasteiger partial charge in [0.15, 0.2) is 0 Å². The largest absolute Gasteiger partial charge is 0.328 e. The Morgan fingerprint density at radius 2 is 1.52 bits per heavy atom. The summed E-state index contributed by atoms with van der Waals surface area (Å²) in [6.07, 6.45) is 1.06. The molecule has 0 N–H and O–H groups in total. The Morgan fingerprint density at radius 3 is 2.18 bits per heavy atom. The van der Waals surface area contributed by atoms with E-state index in [2.05, 4.69) is 0 Å². The highest BCUT2D eigenvalue weighted by Gasteiger charge is 2.26. The molecule has 0 aliphatic heterocycles. The fourth-order valence-corrected chi connectivity index (χ4v) is 4.21. The minimum absolute atomic E-state index is 0.0419. The summed E-state index contributed by atoms with van der Waals surface area (Å²) >= 11 is 0. The molecule has 0 saturated heterocycles. The van der Waals surface area contributed by atoms with Crippen LogP contribution in [-0.4, -0.2) is 20.4 Å². The first-order valence-corrected chi connectivity index (χ1v) is 11.4. The molecule has 0 aliphatic rings. The lowest BCUT2D eigenvalue weighted by atomic mass is 10.1. The number of hydrogen-bond acceptors (Lipinski definition) is 3. The van der Waals surface area contributed by atoms with Crippen LogP contribution in [0.25, 0.3) is 10.9 Å². The number of carbonyl (C=O) groups is 1. The van der Waals surface area contributed by atoms with E-state index in [4.69, 9.17) is 4.98 Å². The number of benzene rings is 3. The summed E-state index contributed by atoms with van der Waals surface area (Å²) in [5.41, 5.74) is 2.77. The molecule has 1 heterocycles. The quantitative estimate of drug-likeness (QED) is 0.382. The van der Waals surface area contributed by atoms with Crippen LogP contribution in [0.3, 0.4) is 0 Å². The number of amides is 1. The van der Waals surface area contributed by atoms with E-state index in [1.54, 1.807) is 10.6 Å². The van der Waals surface area contributed by atoms with E-state index in [0.717, 1.165) is 11.1 Å². The van der Waals surface area contributed by atoms with E-state index in [-0.39, 0.29) is 17.5 Å². The molecule has 5 heteroatoms. The fraction of sp³-hybridized carbons (Fsp3) is 0.250. The van der Waals surface area contributed by atoms with Crippen molar-refractivity contribution in [1.82, 2.24) is 14.5 Å². The van der Waals surface area contributed by atoms with Gasteiger partial charge in [0.1, 0.15) is 5.82 Å². The summed E-state index contributed by atoms with van der Waals surface area (Å²) in [6, 6.07) is 27.0. The van der Waals surface area contributed by atoms with Crippen LogP contribution in [0.5, 0.6) is 0 Å². The van der Waals surface area contributed by atoms with Gasteiger partial charge in [0, 0.05) is 19.5 Å². The summed E-state index contributed by atoms with van der Waals surface area (Å²) in [4.78, 5) is 33.3. The first-order chi connectivity index (χ1) is 16.1. The molecule has 0 bridgehead atoms. The van der Waals surface area contributed by atoms with E-state index < -0.39 is 0 Å². The first-order valence-electron chi connectivity index (χ1n) is 11.4. The normalized spacial score (nSPS) is 11.9. The summed E-state index contributed by atoms with van der Waals surface area (Å²) in [5.74, 6) is 0.658. The van der Waals surface area contributed by atoms with E-state index >= 15 is 0 Å². The van der Waals surface area contributed by atoms with Crippen molar-refractivity contribution in [3.63, 3.8) is 0 Å². The molecule has 1 atom stereocenters. The third-order valence-electron chi connectivity index (χ3n) is 6.04. The minimum Gasteiger partial charge on any atom is -0.328 e. The van der Waals surface area contributed by atoms with Crippen LogP contribution in [0, 0.1) is 0 Å². The molecular formula is C28H29N3O2. The molecule has 5 nitrogen and oxygen atoms in total. The van der Waals surface area contributed by atoms with Gasteiger partial charge in [-0.2, -0.15) is 0 Å². The van der Waals surface area contributed by atoms with Crippen molar-refractivity contribution in [2.45, 2.75) is 45.8 Å². The number of aryl methyl sites for hydroxylation is 1. The van der Waals surface area contributed by atoms with Crippen LogP contribution in [0.4, 0.5) is 0 Å². The van der Waals surface area contributed by atoms with Gasteiger partial charge in [0.2, 0.25) is 5.91 Å². The highest BCUT2D eigenvalue weighted by molar-refractivity contribution is 5.78. The topological polar surface area (TPSA) is 55.2 Å². The zero-order chi connectivity index (χ0) is 23.2. The second kappa shape index (κ2) is 10.3. The lowest BCUT2D eigenvalue weighted by molar-refractivity contribution is -0.134. The Labute approximate surface area is 194 Å². The smallest absolute Gasteiger partial charge is 0.261 e. The fourth-order valence-electron chi connectivity index (χ4n) is 4.21. The summed E-state index contributed by atoms with van der Waals surface area (Å²) in [5, 5.41) is 0.598. The van der Waals surface area contributed by atoms with Gasteiger partial charge in [-0.05, 0) is 43.5 Å². The number of rotatable bonds is 8. The zero-order valence-corrected chi connectivity index (χ0v) is 19.1. The lowest BCUT2D eigenvalue weighted by Crippen LogP contribution is -2.37. The second-order valence-electron chi connectivity index (χ2n) is 8.21. The highest BCUT2D eigenvalue weighted by atomic mass is 16.2. The van der Waals surface area contributed by atoms with Gasteiger partial charge in [-0.1, -0.05) is 72.8 Å². The number of aromatic nitrogens is 2. The molecule has 0 saturated carbocycles. The maximum atomic E-state index is 13.5. The molecular weight excluding hydrogens is 410 g/mol. The Hall–Kier alpha value is -3.73. The first kappa shape index (κ1) is 22.5. The third kappa shape index (κ3) is 5.03. The van der Waals surface area contributed by atoms with Crippen molar-refractivity contribution in [3.05, 3.63) is 112 Å². The molecule has 33 heavy (non-hydrogen) atoms. The molecule has 4 aromatic rings. The minimum atomic E-state index is -0.356. The maximum Gasteiger partial charge on any atom is 0.261 e. The predicted molar refractivity (Wildman–Crippen MR) is 132 cm³/mol. The molecule has 3 aromatic carbocycles. The molecule has 4 rings (SSSR count). The molecule has 0 spiro atoms. The molecule has 168 valence electrons. The molecule has 1 aromatic heterocycles. The molecule has 1 amide bonds. The zero-order valence-electron chi connectivity index (χ0n) is 19.1. The van der Waals surface area contributed by atoms with E-state index in [9.17, 15) is 9.59 Å². The van der Waals surface area contributed by atoms with Crippen molar-refractivity contribution in [1.29, 1.82) is 0 Å². The Balaban J connectivity index is 1.70. The number of hydrogen-bond donors (Lipinski definition) is 0. The highest BCUT2D eigenvalue weighted by Crippen LogP contribution is 2.24. The number of para-hydroxylation sites is 1. The maximum absolute atomic E-state index is 13.5. The Kier molecular flexibility index (Phi) is 6.98. The number of carbonyl (C=O) groups excluding carboxylic acids is 1. The lowest BCUT2D eigenvalue weighted by Gasteiger charge is -2.31. The van der Waals surface area contributed by atoms with Crippen LogP contribution in [0.1, 0.15) is 43.3 Å². The molecule has 1 unspecified atom stereocenters. The van der Waals surface area contributed by atoms with Crippen molar-refractivity contribution in [2.75, 3.05) is 0 Å². The van der Waals surface area contributed by atoms with Gasteiger partial charge in [0.05, 0.1) is 16.9 Å². The predicted octanol–water partition coefficient (Wildman–Crippen LogP) is 5.14. The molecule has 0 radical (unpaired) electrons. The van der Waals surface area contributed by atoms with Crippen LogP contribution in [0.2, 0.25) is 0 Å². The number of fused-ring (bicyclic) bond motifs is 1. The Morgan fingerprint density at radius 1 is 0.909 bits per heavy atom. The number of nitrogens with zero attached hydrogens (tertiary/aromatic N) is 3. The van der Waals surface area contributed by atoms with Crippen molar-refractivity contribution < 1.29 is 4.79 Å². The van der Waals surface area contributed by atoms with Crippen LogP contribution < -0.4 is 5.56 Å².